The molecule has 5 heteroatoms. The summed E-state index contributed by atoms with van der Waals surface area (Å²) in [6, 6.07) is 2.23. The Morgan fingerprint density at radius 2 is 1.91 bits per heavy atom. The van der Waals surface area contributed by atoms with Crippen molar-refractivity contribution in [2.24, 2.45) is 0 Å². The second kappa shape index (κ2) is 3.57. The molecule has 0 spiro atoms. The number of nitrogens with zero attached hydrogens (tertiary/aromatic N) is 1. The Morgan fingerprint density at radius 3 is 2.18 bits per heavy atom. The van der Waals surface area contributed by atoms with Gasteiger partial charge in [-0.25, -0.2) is 0 Å². The second-order valence-corrected chi connectivity index (χ2v) is 1.74. The summed E-state index contributed by atoms with van der Waals surface area (Å²) in [6.45, 7) is 0. The number of rotatable bonds is 0. The summed E-state index contributed by atoms with van der Waals surface area (Å²) in [4.78, 5) is 3.33. The summed E-state index contributed by atoms with van der Waals surface area (Å²) < 4.78 is 35.2. The molecule has 0 N–H and O–H groups in total. The minimum absolute atomic E-state index is 0. The Morgan fingerprint density at radius 1 is 1.27 bits per heavy atom. The Kier molecular flexibility index (Phi) is 3.32. The fourth-order valence-corrected chi connectivity index (χ4v) is 0.530. The van der Waals surface area contributed by atoms with Gasteiger partial charge in [-0.05, 0) is 12.1 Å². The lowest BCUT2D eigenvalue weighted by Gasteiger charge is -2.03. The molecule has 1 nitrogen and oxygen atoms in total. The Balaban J connectivity index is 0.000001000. The van der Waals surface area contributed by atoms with Crippen molar-refractivity contribution in [1.29, 1.82) is 0 Å². The van der Waals surface area contributed by atoms with Gasteiger partial charge in [0.05, 0.1) is 5.56 Å². The van der Waals surface area contributed by atoms with E-state index < -0.39 is 11.7 Å². The van der Waals surface area contributed by atoms with Crippen molar-refractivity contribution in [2.75, 3.05) is 0 Å². The molecule has 0 aliphatic heterocycles. The molecule has 1 rings (SSSR count). The first-order chi connectivity index (χ1) is 4.61. The molecule has 0 radical (unpaired) electrons. The Labute approximate surface area is 67.7 Å². The van der Waals surface area contributed by atoms with Crippen LogP contribution < -0.4 is 0 Å². The molecule has 0 unspecified atom stereocenters. The molecule has 0 aliphatic rings. The van der Waals surface area contributed by atoms with E-state index in [-0.39, 0.29) is 12.4 Å². The highest BCUT2D eigenvalue weighted by atomic mass is 35.5. The number of alkyl halides is 3. The maximum absolute atomic E-state index is 11.7. The van der Waals surface area contributed by atoms with Crippen molar-refractivity contribution in [3.05, 3.63) is 30.1 Å². The third-order valence-electron chi connectivity index (χ3n) is 0.989. The summed E-state index contributed by atoms with van der Waals surface area (Å²) in [5.74, 6) is 0. The molecule has 0 fully saturated rings. The van der Waals surface area contributed by atoms with Gasteiger partial charge in [-0.3, -0.25) is 4.98 Å². The molecule has 1 aromatic heterocycles. The zero-order valence-corrected chi connectivity index (χ0v) is 6.12. The molecule has 0 atom stereocenters. The first kappa shape index (κ1) is 10.2. The van der Waals surface area contributed by atoms with Gasteiger partial charge in [0.1, 0.15) is 0 Å². The van der Waals surface area contributed by atoms with E-state index in [1.807, 2.05) is 0 Å². The van der Waals surface area contributed by atoms with E-state index in [0.717, 1.165) is 12.3 Å². The van der Waals surface area contributed by atoms with Gasteiger partial charge in [-0.2, -0.15) is 13.2 Å². The zero-order chi connectivity index (χ0) is 7.61. The SMILES string of the molecule is Cl.FC(F)(F)c1cccnc1. The average molecular weight is 184 g/mol. The molecule has 62 valence electrons. The summed E-state index contributed by atoms with van der Waals surface area (Å²) in [5, 5.41) is 0. The molecule has 0 saturated carbocycles. The van der Waals surface area contributed by atoms with Crippen molar-refractivity contribution in [1.82, 2.24) is 4.98 Å². The number of pyridine rings is 1. The molecular formula is C6H5ClF3N. The van der Waals surface area contributed by atoms with Crippen LogP contribution in [-0.2, 0) is 6.18 Å². The number of hydrogen-bond donors (Lipinski definition) is 0. The summed E-state index contributed by atoms with van der Waals surface area (Å²) in [7, 11) is 0. The number of aromatic nitrogens is 1. The van der Waals surface area contributed by atoms with Gasteiger partial charge < -0.3 is 0 Å². The molecule has 1 aromatic rings. The topological polar surface area (TPSA) is 12.9 Å². The molecule has 1 heterocycles. The van der Waals surface area contributed by atoms with Crippen LogP contribution >= 0.6 is 12.4 Å². The Bertz CT molecular complexity index is 209. The monoisotopic (exact) mass is 183 g/mol. The van der Waals surface area contributed by atoms with Crippen LogP contribution in [0.3, 0.4) is 0 Å². The predicted octanol–water partition coefficient (Wildman–Crippen LogP) is 2.52. The highest BCUT2D eigenvalue weighted by Gasteiger charge is 2.30. The highest BCUT2D eigenvalue weighted by Crippen LogP contribution is 2.27. The molecular weight excluding hydrogens is 179 g/mol. The van der Waals surface area contributed by atoms with Crippen molar-refractivity contribution in [3.63, 3.8) is 0 Å². The average Bonchev–Trinajstić information content (AvgIpc) is 1.88. The smallest absolute Gasteiger partial charge is 0.264 e. The third kappa shape index (κ3) is 2.76. The van der Waals surface area contributed by atoms with Crippen LogP contribution in [0, 0.1) is 0 Å². The zero-order valence-electron chi connectivity index (χ0n) is 5.30. The molecule has 11 heavy (non-hydrogen) atoms. The molecule has 0 bridgehead atoms. The third-order valence-corrected chi connectivity index (χ3v) is 0.989. The maximum atomic E-state index is 11.7. The minimum atomic E-state index is -4.27. The van der Waals surface area contributed by atoms with E-state index in [4.69, 9.17) is 0 Å². The van der Waals surface area contributed by atoms with Gasteiger partial charge in [0, 0.05) is 12.4 Å². The molecule has 0 aliphatic carbocycles. The normalized spacial score (nSPS) is 10.5. The van der Waals surface area contributed by atoms with Crippen LogP contribution in [0.1, 0.15) is 5.56 Å². The predicted molar refractivity (Wildman–Crippen MR) is 36.5 cm³/mol. The lowest BCUT2D eigenvalue weighted by Crippen LogP contribution is -2.04. The molecule has 0 saturated heterocycles. The van der Waals surface area contributed by atoms with E-state index in [9.17, 15) is 13.2 Å². The van der Waals surface area contributed by atoms with Crippen LogP contribution in [-0.4, -0.2) is 4.98 Å². The van der Waals surface area contributed by atoms with Crippen molar-refractivity contribution in [3.8, 4) is 0 Å². The van der Waals surface area contributed by atoms with E-state index >= 15 is 0 Å². The van der Waals surface area contributed by atoms with Crippen LogP contribution in [0.15, 0.2) is 24.5 Å². The first-order valence-corrected chi connectivity index (χ1v) is 2.58. The van der Waals surface area contributed by atoms with E-state index in [2.05, 4.69) is 4.98 Å². The van der Waals surface area contributed by atoms with Crippen molar-refractivity contribution < 1.29 is 13.2 Å². The largest absolute Gasteiger partial charge is 0.417 e. The van der Waals surface area contributed by atoms with Gasteiger partial charge in [-0.15, -0.1) is 12.4 Å². The molecule has 0 amide bonds. The van der Waals surface area contributed by atoms with Crippen LogP contribution in [0.2, 0.25) is 0 Å². The van der Waals surface area contributed by atoms with Gasteiger partial charge in [0.15, 0.2) is 0 Å². The summed E-state index contributed by atoms with van der Waals surface area (Å²) in [6.07, 6.45) is -2.18. The van der Waals surface area contributed by atoms with Crippen molar-refractivity contribution in [2.45, 2.75) is 6.18 Å². The summed E-state index contributed by atoms with van der Waals surface area (Å²) >= 11 is 0. The maximum Gasteiger partial charge on any atom is 0.417 e. The van der Waals surface area contributed by atoms with Gasteiger partial charge in [0.2, 0.25) is 0 Å². The van der Waals surface area contributed by atoms with Gasteiger partial charge in [0.25, 0.3) is 0 Å². The number of halogens is 4. The summed E-state index contributed by atoms with van der Waals surface area (Å²) in [5.41, 5.74) is -0.713. The van der Waals surface area contributed by atoms with E-state index in [1.54, 1.807) is 0 Å². The fraction of sp³-hybridized carbons (Fsp3) is 0.167. The standard InChI is InChI=1S/C6H4F3N.ClH/c7-6(8,9)5-2-1-3-10-4-5;/h1-4H;1H. The second-order valence-electron chi connectivity index (χ2n) is 1.74. The Hall–Kier alpha value is -0.770. The van der Waals surface area contributed by atoms with Crippen LogP contribution in [0.4, 0.5) is 13.2 Å². The fourth-order valence-electron chi connectivity index (χ4n) is 0.530. The van der Waals surface area contributed by atoms with E-state index in [1.165, 1.54) is 12.3 Å². The van der Waals surface area contributed by atoms with Crippen LogP contribution in [0.5, 0.6) is 0 Å². The first-order valence-electron chi connectivity index (χ1n) is 2.58. The highest BCUT2D eigenvalue weighted by molar-refractivity contribution is 5.85. The lowest BCUT2D eigenvalue weighted by atomic mass is 10.3. The van der Waals surface area contributed by atoms with Gasteiger partial charge in [-0.1, -0.05) is 0 Å². The number of hydrogen-bond acceptors (Lipinski definition) is 1. The van der Waals surface area contributed by atoms with Gasteiger partial charge >= 0.3 is 6.18 Å². The van der Waals surface area contributed by atoms with Crippen LogP contribution in [0.25, 0.3) is 0 Å². The molecule has 0 aromatic carbocycles. The minimum Gasteiger partial charge on any atom is -0.264 e. The van der Waals surface area contributed by atoms with E-state index in [0.29, 0.717) is 0 Å². The quantitative estimate of drug-likeness (QED) is 0.602. The lowest BCUT2D eigenvalue weighted by molar-refractivity contribution is -0.137. The van der Waals surface area contributed by atoms with Crippen molar-refractivity contribution >= 4 is 12.4 Å².